The van der Waals surface area contributed by atoms with Gasteiger partial charge in [-0.25, -0.2) is 9.37 Å². The van der Waals surface area contributed by atoms with Crippen LogP contribution >= 0.6 is 0 Å². The maximum atomic E-state index is 13.7. The van der Waals surface area contributed by atoms with Crippen LogP contribution in [0.15, 0.2) is 84.0 Å². The number of pyridine rings is 1. The summed E-state index contributed by atoms with van der Waals surface area (Å²) in [5.74, 6) is -0.213. The van der Waals surface area contributed by atoms with Gasteiger partial charge in [-0.1, -0.05) is 12.1 Å². The first-order chi connectivity index (χ1) is 17.4. The maximum Gasteiger partial charge on any atom is 0.135 e. The largest absolute Gasteiger partial charge is 0.352 e. The minimum absolute atomic E-state index is 0.0618. The zero-order valence-electron chi connectivity index (χ0n) is 20.4. The number of ketones is 1. The summed E-state index contributed by atoms with van der Waals surface area (Å²) < 4.78 is 15.8. The van der Waals surface area contributed by atoms with Gasteiger partial charge in [-0.05, 0) is 81.4 Å². The van der Waals surface area contributed by atoms with Crippen LogP contribution in [0.5, 0.6) is 0 Å². The molecule has 0 radical (unpaired) electrons. The maximum absolute atomic E-state index is 13.7. The Kier molecular flexibility index (Phi) is 6.29. The molecule has 180 valence electrons. The van der Waals surface area contributed by atoms with Crippen molar-refractivity contribution in [2.45, 2.75) is 33.2 Å². The van der Waals surface area contributed by atoms with Gasteiger partial charge < -0.3 is 9.88 Å². The molecule has 2 aliphatic rings. The van der Waals surface area contributed by atoms with Crippen LogP contribution in [0.3, 0.4) is 0 Å². The summed E-state index contributed by atoms with van der Waals surface area (Å²) in [5, 5.41) is 4.20. The standard InChI is InChI=1S/C29H26FN5O/c1-18(2)32-26-16-29-27(15-25(26)33-22-11-10-21(31-17-22)14-19(3)36)34-24-6-4-5-7-28(24)35(29)23-12-8-20(30)9-13-23/h4-13,15-18,33H,14H2,1-3H3. The minimum atomic E-state index is -0.285. The van der Waals surface area contributed by atoms with E-state index >= 15 is 0 Å². The quantitative estimate of drug-likeness (QED) is 0.310. The number of carbonyl (C=O) groups excluding carboxylic acids is 1. The average Bonchev–Trinajstić information content (AvgIpc) is 2.84. The fourth-order valence-electron chi connectivity index (χ4n) is 4.21. The fraction of sp³-hybridized carbons (Fsp3) is 0.172. The van der Waals surface area contributed by atoms with Crippen LogP contribution in [0.2, 0.25) is 0 Å². The molecule has 0 atom stereocenters. The minimum Gasteiger partial charge on any atom is -0.352 e. The van der Waals surface area contributed by atoms with Gasteiger partial charge in [-0.3, -0.25) is 14.8 Å². The second kappa shape index (κ2) is 9.70. The van der Waals surface area contributed by atoms with Crippen molar-refractivity contribution < 1.29 is 9.18 Å². The number of nitrogens with zero attached hydrogens (tertiary/aromatic N) is 4. The van der Waals surface area contributed by atoms with E-state index in [4.69, 9.17) is 9.98 Å². The molecule has 0 fully saturated rings. The van der Waals surface area contributed by atoms with Gasteiger partial charge in [-0.2, -0.15) is 0 Å². The van der Waals surface area contributed by atoms with Gasteiger partial charge in [0.05, 0.1) is 45.4 Å². The molecule has 7 heteroatoms. The first kappa shape index (κ1) is 23.4. The molecule has 0 saturated carbocycles. The number of nitrogens with one attached hydrogen (secondary N) is 1. The van der Waals surface area contributed by atoms with Crippen molar-refractivity contribution in [3.05, 3.63) is 95.9 Å². The van der Waals surface area contributed by atoms with Crippen molar-refractivity contribution in [1.29, 1.82) is 0 Å². The van der Waals surface area contributed by atoms with Gasteiger partial charge >= 0.3 is 0 Å². The van der Waals surface area contributed by atoms with Crippen LogP contribution in [0.25, 0.3) is 28.1 Å². The van der Waals surface area contributed by atoms with Gasteiger partial charge in [0.25, 0.3) is 0 Å². The number of hydrogen-bond donors (Lipinski definition) is 1. The predicted octanol–water partition coefficient (Wildman–Crippen LogP) is 5.85. The lowest BCUT2D eigenvalue weighted by Crippen LogP contribution is -2.16. The van der Waals surface area contributed by atoms with Crippen LogP contribution in [0.1, 0.15) is 26.5 Å². The number of fused-ring (bicyclic) bond motifs is 2. The molecule has 1 N–H and O–H groups in total. The number of anilines is 2. The number of halogens is 1. The summed E-state index contributed by atoms with van der Waals surface area (Å²) in [6.45, 7) is 5.61. The summed E-state index contributed by atoms with van der Waals surface area (Å²) in [6, 6.07) is 22.1. The number of aromatic nitrogens is 3. The van der Waals surface area contributed by atoms with Gasteiger partial charge in [0.1, 0.15) is 11.6 Å². The second-order valence-electron chi connectivity index (χ2n) is 9.04. The Morgan fingerprint density at radius 3 is 2.53 bits per heavy atom. The first-order valence-corrected chi connectivity index (χ1v) is 11.8. The van der Waals surface area contributed by atoms with Crippen molar-refractivity contribution in [3.63, 3.8) is 0 Å². The van der Waals surface area contributed by atoms with Gasteiger partial charge in [0.2, 0.25) is 0 Å². The average molecular weight is 480 g/mol. The molecule has 3 aromatic rings. The Bertz CT molecular complexity index is 1590. The summed E-state index contributed by atoms with van der Waals surface area (Å²) >= 11 is 0. The number of rotatable bonds is 6. The third kappa shape index (κ3) is 4.86. The third-order valence-electron chi connectivity index (χ3n) is 5.71. The fourth-order valence-corrected chi connectivity index (χ4v) is 4.21. The zero-order chi connectivity index (χ0) is 25.2. The molecule has 1 aliphatic carbocycles. The number of hydrogen-bond acceptors (Lipinski definition) is 5. The highest BCUT2D eigenvalue weighted by Gasteiger charge is 2.17. The van der Waals surface area contributed by atoms with Crippen LogP contribution in [-0.4, -0.2) is 26.4 Å². The predicted molar refractivity (Wildman–Crippen MR) is 140 cm³/mol. The van der Waals surface area contributed by atoms with Crippen molar-refractivity contribution in [3.8, 4) is 17.1 Å². The Morgan fingerprint density at radius 2 is 1.83 bits per heavy atom. The van der Waals surface area contributed by atoms with E-state index in [9.17, 15) is 9.18 Å². The summed E-state index contributed by atoms with van der Waals surface area (Å²) in [6.07, 6.45) is 2.03. The lowest BCUT2D eigenvalue weighted by Gasteiger charge is -2.20. The van der Waals surface area contributed by atoms with Crippen molar-refractivity contribution >= 4 is 28.2 Å². The van der Waals surface area contributed by atoms with Crippen molar-refractivity contribution in [2.75, 3.05) is 5.32 Å². The molecule has 1 aliphatic heterocycles. The number of benzene rings is 3. The Balaban J connectivity index is 1.70. The molecule has 5 rings (SSSR count). The van der Waals surface area contributed by atoms with Gasteiger partial charge in [0, 0.05) is 23.8 Å². The molecule has 2 aromatic carbocycles. The van der Waals surface area contributed by atoms with E-state index in [2.05, 4.69) is 14.9 Å². The lowest BCUT2D eigenvalue weighted by molar-refractivity contribution is -0.116. The molecule has 2 heterocycles. The van der Waals surface area contributed by atoms with E-state index in [1.54, 1.807) is 25.3 Å². The molecule has 0 amide bonds. The van der Waals surface area contributed by atoms with E-state index in [-0.39, 0.29) is 17.6 Å². The molecular weight excluding hydrogens is 453 g/mol. The molecule has 0 spiro atoms. The normalized spacial score (nSPS) is 12.0. The van der Waals surface area contributed by atoms with E-state index < -0.39 is 0 Å². The number of Topliss-reactive ketones (excluding diaryl/α,β-unsaturated/α-hetero) is 1. The van der Waals surface area contributed by atoms with Crippen molar-refractivity contribution in [1.82, 2.24) is 14.5 Å². The molecule has 1 aromatic heterocycles. The summed E-state index contributed by atoms with van der Waals surface area (Å²) in [4.78, 5) is 25.6. The first-order valence-electron chi connectivity index (χ1n) is 11.8. The highest BCUT2D eigenvalue weighted by Crippen LogP contribution is 2.30. The van der Waals surface area contributed by atoms with Crippen molar-refractivity contribution in [2.24, 2.45) is 4.99 Å². The number of carbonyl (C=O) groups is 1. The molecular formula is C29H26FN5O. The second-order valence-corrected chi connectivity index (χ2v) is 9.04. The van der Waals surface area contributed by atoms with E-state index in [1.165, 1.54) is 12.1 Å². The summed E-state index contributed by atoms with van der Waals surface area (Å²) in [7, 11) is 0. The summed E-state index contributed by atoms with van der Waals surface area (Å²) in [5.41, 5.74) is 6.51. The number of para-hydroxylation sites is 2. The Labute approximate surface area is 208 Å². The smallest absolute Gasteiger partial charge is 0.135 e. The molecule has 0 bridgehead atoms. The molecule has 36 heavy (non-hydrogen) atoms. The topological polar surface area (TPSA) is 72.2 Å². The molecule has 0 saturated heterocycles. The zero-order valence-corrected chi connectivity index (χ0v) is 20.4. The van der Waals surface area contributed by atoms with Crippen LogP contribution in [0.4, 0.5) is 15.8 Å². The lowest BCUT2D eigenvalue weighted by atomic mass is 10.1. The van der Waals surface area contributed by atoms with Crippen LogP contribution in [-0.2, 0) is 11.2 Å². The van der Waals surface area contributed by atoms with Gasteiger partial charge in [0.15, 0.2) is 0 Å². The van der Waals surface area contributed by atoms with Crippen LogP contribution in [0, 0.1) is 5.82 Å². The highest BCUT2D eigenvalue weighted by atomic mass is 19.1. The van der Waals surface area contributed by atoms with Crippen LogP contribution < -0.4 is 10.7 Å². The molecule has 6 nitrogen and oxygen atoms in total. The van der Waals surface area contributed by atoms with E-state index in [1.807, 2.05) is 62.4 Å². The third-order valence-corrected chi connectivity index (χ3v) is 5.71. The van der Waals surface area contributed by atoms with E-state index in [0.29, 0.717) is 6.42 Å². The van der Waals surface area contributed by atoms with E-state index in [0.717, 1.165) is 50.5 Å². The molecule has 0 unspecified atom stereocenters. The Hall–Kier alpha value is -4.39. The SMILES string of the molecule is CC(=O)Cc1ccc(Nc2cc3nc4ccccc4n(-c4ccc(F)cc4)c-3cc2=NC(C)C)cn1. The van der Waals surface area contributed by atoms with Gasteiger partial charge in [-0.15, -0.1) is 0 Å². The highest BCUT2D eigenvalue weighted by molar-refractivity contribution is 5.84. The Morgan fingerprint density at radius 1 is 1.06 bits per heavy atom. The monoisotopic (exact) mass is 479 g/mol.